The highest BCUT2D eigenvalue weighted by atomic mass is 16.7. The molecule has 2 aliphatic rings. The van der Waals surface area contributed by atoms with Gasteiger partial charge in [0.25, 0.3) is 0 Å². The van der Waals surface area contributed by atoms with Crippen LogP contribution in [-0.4, -0.2) is 64.8 Å². The first kappa shape index (κ1) is 44.0. The number of esters is 1. The van der Waals surface area contributed by atoms with E-state index in [1.165, 1.54) is 57.8 Å². The fourth-order valence-corrected chi connectivity index (χ4v) is 6.31. The van der Waals surface area contributed by atoms with Crippen molar-refractivity contribution >= 4 is 5.97 Å². The number of carbonyl (C=O) groups excluding carboxylic acids is 1. The van der Waals surface area contributed by atoms with Gasteiger partial charge in [0.2, 0.25) is 0 Å². The molecule has 0 radical (unpaired) electrons. The van der Waals surface area contributed by atoms with Gasteiger partial charge in [0.1, 0.15) is 11.5 Å². The van der Waals surface area contributed by atoms with Gasteiger partial charge < -0.3 is 33.2 Å². The second kappa shape index (κ2) is 30.0. The van der Waals surface area contributed by atoms with Crippen molar-refractivity contribution in [2.24, 2.45) is 0 Å². The van der Waals surface area contributed by atoms with Crippen LogP contribution in [0.1, 0.15) is 164 Å². The van der Waals surface area contributed by atoms with E-state index in [0.29, 0.717) is 50.1 Å². The molecule has 52 heavy (non-hydrogen) atoms. The topological polar surface area (TPSA) is 81.7 Å². The predicted octanol–water partition coefficient (Wildman–Crippen LogP) is 11.4. The summed E-state index contributed by atoms with van der Waals surface area (Å²) in [7, 11) is 0. The quantitative estimate of drug-likeness (QED) is 0.0440. The highest BCUT2D eigenvalue weighted by molar-refractivity contribution is 5.90. The monoisotopic (exact) mass is 729 g/mol. The number of hydrogen-bond donors (Lipinski definition) is 0. The molecule has 0 spiro atoms. The van der Waals surface area contributed by atoms with Crippen molar-refractivity contribution in [1.29, 1.82) is 0 Å². The maximum absolute atomic E-state index is 13.1. The molecule has 0 aliphatic carbocycles. The first-order chi connectivity index (χ1) is 25.7. The molecule has 0 bridgehead atoms. The molecule has 2 heterocycles. The molecular weight excluding hydrogens is 656 g/mol. The van der Waals surface area contributed by atoms with Gasteiger partial charge >= 0.3 is 5.97 Å². The van der Waals surface area contributed by atoms with Crippen LogP contribution < -0.4 is 9.47 Å². The molecule has 1 aromatic carbocycles. The summed E-state index contributed by atoms with van der Waals surface area (Å²) in [5.74, 6) is 0.991. The van der Waals surface area contributed by atoms with Crippen LogP contribution in [0.2, 0.25) is 0 Å². The Labute approximate surface area is 316 Å². The highest BCUT2D eigenvalue weighted by Gasteiger charge is 2.17. The third-order valence-corrected chi connectivity index (χ3v) is 9.60. The molecule has 2 unspecified atom stereocenters. The minimum atomic E-state index is -0.360. The van der Waals surface area contributed by atoms with E-state index < -0.39 is 0 Å². The third kappa shape index (κ3) is 20.7. The normalized spacial score (nSPS) is 18.0. The van der Waals surface area contributed by atoms with Crippen LogP contribution >= 0.6 is 0 Å². The Hall–Kier alpha value is -2.39. The first-order valence-corrected chi connectivity index (χ1v) is 21.0. The molecule has 1 aromatic rings. The van der Waals surface area contributed by atoms with Crippen molar-refractivity contribution < 1.29 is 38.0 Å². The molecule has 0 aromatic heterocycles. The van der Waals surface area contributed by atoms with E-state index >= 15 is 0 Å². The highest BCUT2D eigenvalue weighted by Crippen LogP contribution is 2.31. The Kier molecular flexibility index (Phi) is 25.4. The number of unbranched alkanes of at least 4 members (excludes halogenated alkanes) is 11. The summed E-state index contributed by atoms with van der Waals surface area (Å²) in [4.78, 5) is 13.1. The summed E-state index contributed by atoms with van der Waals surface area (Å²) in [6.07, 6.45) is 33.3. The van der Waals surface area contributed by atoms with Gasteiger partial charge in [-0.1, -0.05) is 69.8 Å². The smallest absolute Gasteiger partial charge is 0.338 e. The maximum Gasteiger partial charge on any atom is 0.338 e. The molecule has 2 aliphatic heterocycles. The Bertz CT molecular complexity index is 1090. The lowest BCUT2D eigenvalue weighted by atomic mass is 10.1. The Balaban J connectivity index is 1.35. The number of hydrogen-bond acceptors (Lipinski definition) is 8. The molecule has 3 rings (SSSR count). The van der Waals surface area contributed by atoms with E-state index in [9.17, 15) is 4.79 Å². The fourth-order valence-electron chi connectivity index (χ4n) is 6.31. The van der Waals surface area contributed by atoms with Crippen LogP contribution in [0.25, 0.3) is 0 Å². The van der Waals surface area contributed by atoms with Crippen molar-refractivity contribution in [3.63, 3.8) is 0 Å². The first-order valence-electron chi connectivity index (χ1n) is 21.0. The average molecular weight is 729 g/mol. The van der Waals surface area contributed by atoms with Gasteiger partial charge in [-0.25, -0.2) is 4.79 Å². The van der Waals surface area contributed by atoms with Crippen molar-refractivity contribution in [1.82, 2.24) is 0 Å². The van der Waals surface area contributed by atoms with Crippen molar-refractivity contribution in [2.45, 2.75) is 168 Å². The lowest BCUT2D eigenvalue weighted by molar-refractivity contribution is -0.163. The molecule has 0 N–H and O–H groups in total. The van der Waals surface area contributed by atoms with E-state index in [1.807, 2.05) is 13.0 Å². The SMILES string of the molecule is CCCCC/C=C\C/C=C\CCCCCCCCOc1cc(C(=O)OCCCCOC2CCCCO2)cc(OCCCCOC2CCCCO2)c1C. The molecule has 2 fully saturated rings. The van der Waals surface area contributed by atoms with Crippen LogP contribution in [0.15, 0.2) is 36.4 Å². The number of rotatable bonds is 30. The third-order valence-electron chi connectivity index (χ3n) is 9.60. The minimum Gasteiger partial charge on any atom is -0.493 e. The fraction of sp³-hybridized carbons (Fsp3) is 0.750. The van der Waals surface area contributed by atoms with Gasteiger partial charge in [0, 0.05) is 32.0 Å². The van der Waals surface area contributed by atoms with Crippen molar-refractivity contribution in [3.05, 3.63) is 47.6 Å². The number of benzene rings is 1. The van der Waals surface area contributed by atoms with Gasteiger partial charge in [-0.05, 0) is 122 Å². The second-order valence-corrected chi connectivity index (χ2v) is 14.3. The minimum absolute atomic E-state index is 0.0671. The lowest BCUT2D eigenvalue weighted by Crippen LogP contribution is -2.22. The van der Waals surface area contributed by atoms with Gasteiger partial charge in [0.05, 0.1) is 25.4 Å². The summed E-state index contributed by atoms with van der Waals surface area (Å²) >= 11 is 0. The zero-order valence-electron chi connectivity index (χ0n) is 32.9. The number of ether oxygens (including phenoxy) is 7. The van der Waals surface area contributed by atoms with Crippen molar-refractivity contribution in [2.75, 3.05) is 46.2 Å². The Morgan fingerprint density at radius 1 is 0.635 bits per heavy atom. The largest absolute Gasteiger partial charge is 0.493 e. The maximum atomic E-state index is 13.1. The number of allylic oxidation sites excluding steroid dienone is 4. The van der Waals surface area contributed by atoms with Crippen LogP contribution in [0.3, 0.4) is 0 Å². The molecule has 2 saturated heterocycles. The van der Waals surface area contributed by atoms with E-state index in [-0.39, 0.29) is 18.5 Å². The molecule has 8 heteroatoms. The summed E-state index contributed by atoms with van der Waals surface area (Å²) < 4.78 is 41.1. The Morgan fingerprint density at radius 2 is 1.13 bits per heavy atom. The number of carbonyl (C=O) groups is 1. The second-order valence-electron chi connectivity index (χ2n) is 14.3. The van der Waals surface area contributed by atoms with E-state index in [0.717, 1.165) is 102 Å². The van der Waals surface area contributed by atoms with E-state index in [4.69, 9.17) is 33.2 Å². The lowest BCUT2D eigenvalue weighted by Gasteiger charge is -2.22. The molecule has 0 saturated carbocycles. The zero-order chi connectivity index (χ0) is 36.7. The zero-order valence-corrected chi connectivity index (χ0v) is 32.9. The van der Waals surface area contributed by atoms with Crippen LogP contribution in [0.4, 0.5) is 0 Å². The summed E-state index contributed by atoms with van der Waals surface area (Å²) in [5.41, 5.74) is 1.36. The Morgan fingerprint density at radius 3 is 1.69 bits per heavy atom. The summed E-state index contributed by atoms with van der Waals surface area (Å²) in [6, 6.07) is 3.60. The van der Waals surface area contributed by atoms with Gasteiger partial charge in [0.15, 0.2) is 12.6 Å². The van der Waals surface area contributed by atoms with Crippen LogP contribution in [-0.2, 0) is 23.7 Å². The molecule has 0 amide bonds. The summed E-state index contributed by atoms with van der Waals surface area (Å²) in [6.45, 7) is 8.55. The molecule has 296 valence electrons. The van der Waals surface area contributed by atoms with Gasteiger partial charge in [-0.2, -0.15) is 0 Å². The molecule has 8 nitrogen and oxygen atoms in total. The van der Waals surface area contributed by atoms with Crippen molar-refractivity contribution in [3.8, 4) is 11.5 Å². The van der Waals surface area contributed by atoms with Crippen LogP contribution in [0, 0.1) is 6.92 Å². The van der Waals surface area contributed by atoms with E-state index in [2.05, 4.69) is 31.2 Å². The average Bonchev–Trinajstić information content (AvgIpc) is 3.17. The predicted molar refractivity (Wildman–Crippen MR) is 209 cm³/mol. The van der Waals surface area contributed by atoms with Crippen LogP contribution in [0.5, 0.6) is 11.5 Å². The molecular formula is C44H72O8. The van der Waals surface area contributed by atoms with E-state index in [1.54, 1.807) is 6.07 Å². The van der Waals surface area contributed by atoms with Gasteiger partial charge in [-0.15, -0.1) is 0 Å². The standard InChI is InChI=1S/C44H72O8/c1-3-4-5-6-7-8-9-10-11-12-13-14-15-16-17-20-29-46-40-36-39(44(45)52-35-26-25-34-51-43-28-19-22-32-49-43)37-41(38(40)2)47-30-23-24-33-50-42-27-18-21-31-48-42/h7-8,10-11,36-37,42-43H,3-6,9,12-35H2,1-2H3/b8-7-,11-10-. The molecule has 2 atom stereocenters. The summed E-state index contributed by atoms with van der Waals surface area (Å²) in [5, 5.41) is 0. The van der Waals surface area contributed by atoms with Gasteiger partial charge in [-0.3, -0.25) is 0 Å².